The van der Waals surface area contributed by atoms with Gasteiger partial charge in [-0.15, -0.1) is 0 Å². The molecule has 130 valence electrons. The Hall–Kier alpha value is -1.79. The van der Waals surface area contributed by atoms with Gasteiger partial charge in [0.1, 0.15) is 17.5 Å². The molecule has 2 N–H and O–H groups in total. The molecule has 1 unspecified atom stereocenters. The molecule has 0 aromatic carbocycles. The highest BCUT2D eigenvalue weighted by molar-refractivity contribution is 5.94. The van der Waals surface area contributed by atoms with Crippen molar-refractivity contribution in [2.45, 2.75) is 59.1 Å². The van der Waals surface area contributed by atoms with Gasteiger partial charge in [0, 0.05) is 19.0 Å². The van der Waals surface area contributed by atoms with E-state index in [1.165, 1.54) is 0 Å². The van der Waals surface area contributed by atoms with E-state index >= 15 is 0 Å². The Bertz CT molecular complexity index is 488. The van der Waals surface area contributed by atoms with Crippen LogP contribution >= 0.6 is 0 Å². The van der Waals surface area contributed by atoms with E-state index in [1.54, 1.807) is 4.90 Å². The monoisotopic (exact) mass is 324 g/mol. The van der Waals surface area contributed by atoms with Crippen molar-refractivity contribution in [3.05, 3.63) is 0 Å². The van der Waals surface area contributed by atoms with E-state index in [2.05, 4.69) is 15.8 Å². The van der Waals surface area contributed by atoms with E-state index < -0.39 is 5.60 Å². The van der Waals surface area contributed by atoms with Crippen LogP contribution in [0.5, 0.6) is 0 Å². The van der Waals surface area contributed by atoms with Gasteiger partial charge in [0.25, 0.3) is 5.91 Å². The Balaban J connectivity index is 1.93. The number of nitrogens with zero attached hydrogens (tertiary/aromatic N) is 2. The molecular formula is C16H28N4O3. The Kier molecular flexibility index (Phi) is 5.16. The summed E-state index contributed by atoms with van der Waals surface area (Å²) in [4.78, 5) is 30.2. The quantitative estimate of drug-likeness (QED) is 0.810. The number of hydrogen-bond donors (Lipinski definition) is 2. The Labute approximate surface area is 137 Å². The predicted molar refractivity (Wildman–Crippen MR) is 87.9 cm³/mol. The zero-order valence-electron chi connectivity index (χ0n) is 14.7. The minimum atomic E-state index is -0.474. The molecule has 1 atom stereocenters. The fourth-order valence-electron chi connectivity index (χ4n) is 2.76. The summed E-state index contributed by atoms with van der Waals surface area (Å²) in [5.41, 5.74) is 5.15. The third-order valence-corrected chi connectivity index (χ3v) is 4.03. The Morgan fingerprint density at radius 3 is 2.39 bits per heavy atom. The van der Waals surface area contributed by atoms with Crippen molar-refractivity contribution in [3.8, 4) is 0 Å². The van der Waals surface area contributed by atoms with Gasteiger partial charge in [-0.1, -0.05) is 13.8 Å². The van der Waals surface area contributed by atoms with Gasteiger partial charge in [-0.25, -0.2) is 4.79 Å². The number of amides is 2. The third kappa shape index (κ3) is 4.59. The van der Waals surface area contributed by atoms with E-state index in [0.29, 0.717) is 13.1 Å². The van der Waals surface area contributed by atoms with Crippen LogP contribution in [0.4, 0.5) is 4.79 Å². The van der Waals surface area contributed by atoms with Crippen molar-refractivity contribution in [3.63, 3.8) is 0 Å². The molecule has 1 fully saturated rings. The van der Waals surface area contributed by atoms with Crippen molar-refractivity contribution in [2.75, 3.05) is 13.1 Å². The summed E-state index contributed by atoms with van der Waals surface area (Å²) in [6.45, 7) is 10.9. The number of hydrazine groups is 1. The summed E-state index contributed by atoms with van der Waals surface area (Å²) in [5.74, 6) is 1.13. The van der Waals surface area contributed by atoms with E-state index in [0.717, 1.165) is 18.7 Å². The minimum Gasteiger partial charge on any atom is -0.444 e. The van der Waals surface area contributed by atoms with Crippen LogP contribution in [0, 0.1) is 11.8 Å². The first kappa shape index (κ1) is 17.6. The summed E-state index contributed by atoms with van der Waals surface area (Å²) < 4.78 is 5.40. The molecule has 2 rings (SSSR count). The van der Waals surface area contributed by atoms with E-state index in [9.17, 15) is 9.59 Å². The SMILES string of the molecule is CC(C)C1N=C(C2CCN(C(=O)OC(C)(C)C)CC2)NNC1=O. The van der Waals surface area contributed by atoms with Gasteiger partial charge in [-0.2, -0.15) is 0 Å². The summed E-state index contributed by atoms with van der Waals surface area (Å²) in [5, 5.41) is 0. The van der Waals surface area contributed by atoms with Crippen molar-refractivity contribution >= 4 is 17.8 Å². The molecule has 7 heteroatoms. The second-order valence-electron chi connectivity index (χ2n) is 7.56. The molecule has 23 heavy (non-hydrogen) atoms. The van der Waals surface area contributed by atoms with Gasteiger partial charge >= 0.3 is 6.09 Å². The van der Waals surface area contributed by atoms with E-state index in [1.807, 2.05) is 34.6 Å². The molecule has 0 aromatic rings. The molecule has 0 radical (unpaired) electrons. The maximum atomic E-state index is 12.1. The molecule has 0 aliphatic carbocycles. The van der Waals surface area contributed by atoms with Crippen LogP contribution in [0.15, 0.2) is 4.99 Å². The topological polar surface area (TPSA) is 83.0 Å². The molecule has 0 bridgehead atoms. The molecule has 2 aliphatic heterocycles. The highest BCUT2D eigenvalue weighted by Crippen LogP contribution is 2.22. The van der Waals surface area contributed by atoms with Gasteiger partial charge < -0.3 is 9.64 Å². The molecule has 2 aliphatic rings. The number of carbonyl (C=O) groups is 2. The van der Waals surface area contributed by atoms with Crippen molar-refractivity contribution in [2.24, 2.45) is 16.8 Å². The maximum absolute atomic E-state index is 12.1. The summed E-state index contributed by atoms with van der Waals surface area (Å²) in [6, 6.07) is -0.338. The molecule has 1 saturated heterocycles. The Morgan fingerprint density at radius 2 is 1.87 bits per heavy atom. The van der Waals surface area contributed by atoms with Crippen molar-refractivity contribution < 1.29 is 14.3 Å². The fraction of sp³-hybridized carbons (Fsp3) is 0.812. The predicted octanol–water partition coefficient (Wildman–Crippen LogP) is 1.69. The van der Waals surface area contributed by atoms with Crippen LogP contribution in [0.1, 0.15) is 47.5 Å². The average molecular weight is 324 g/mol. The van der Waals surface area contributed by atoms with Crippen molar-refractivity contribution in [1.29, 1.82) is 0 Å². The molecule has 0 saturated carbocycles. The lowest BCUT2D eigenvalue weighted by molar-refractivity contribution is -0.124. The number of rotatable bonds is 2. The van der Waals surface area contributed by atoms with Gasteiger partial charge in [-0.05, 0) is 39.5 Å². The first-order valence-corrected chi connectivity index (χ1v) is 8.29. The van der Waals surface area contributed by atoms with Crippen LogP contribution in [-0.2, 0) is 9.53 Å². The zero-order chi connectivity index (χ0) is 17.2. The van der Waals surface area contributed by atoms with Crippen LogP contribution < -0.4 is 10.9 Å². The molecule has 2 heterocycles. The lowest BCUT2D eigenvalue weighted by Crippen LogP contribution is -2.55. The van der Waals surface area contributed by atoms with Crippen molar-refractivity contribution in [1.82, 2.24) is 15.8 Å². The van der Waals surface area contributed by atoms with Gasteiger partial charge in [0.15, 0.2) is 0 Å². The highest BCUT2D eigenvalue weighted by Gasteiger charge is 2.33. The number of ether oxygens (including phenoxy) is 1. The second-order valence-corrected chi connectivity index (χ2v) is 7.56. The molecule has 0 spiro atoms. The average Bonchev–Trinajstić information content (AvgIpc) is 2.46. The first-order chi connectivity index (χ1) is 10.7. The van der Waals surface area contributed by atoms with Crippen LogP contribution in [0.2, 0.25) is 0 Å². The van der Waals surface area contributed by atoms with E-state index in [-0.39, 0.29) is 29.9 Å². The Morgan fingerprint density at radius 1 is 1.26 bits per heavy atom. The molecular weight excluding hydrogens is 296 g/mol. The minimum absolute atomic E-state index is 0.0880. The number of nitrogens with one attached hydrogen (secondary N) is 2. The first-order valence-electron chi connectivity index (χ1n) is 8.29. The number of likely N-dealkylation sites (tertiary alicyclic amines) is 1. The van der Waals surface area contributed by atoms with E-state index in [4.69, 9.17) is 4.74 Å². The largest absolute Gasteiger partial charge is 0.444 e. The van der Waals surface area contributed by atoms with Gasteiger partial charge in [-0.3, -0.25) is 20.6 Å². The highest BCUT2D eigenvalue weighted by atomic mass is 16.6. The normalized spacial score (nSPS) is 23.2. The molecule has 7 nitrogen and oxygen atoms in total. The number of piperidine rings is 1. The number of amidine groups is 1. The lowest BCUT2D eigenvalue weighted by atomic mass is 9.94. The molecule has 2 amide bonds. The standard InChI is InChI=1S/C16H28N4O3/c1-10(2)12-14(21)19-18-13(17-12)11-6-8-20(9-7-11)15(22)23-16(3,4)5/h10-12H,6-9H2,1-5H3,(H,17,18)(H,19,21). The zero-order valence-corrected chi connectivity index (χ0v) is 14.7. The summed E-state index contributed by atoms with van der Waals surface area (Å²) in [7, 11) is 0. The molecule has 0 aromatic heterocycles. The summed E-state index contributed by atoms with van der Waals surface area (Å²) in [6.07, 6.45) is 1.36. The fourth-order valence-corrected chi connectivity index (χ4v) is 2.76. The van der Waals surface area contributed by atoms with Crippen LogP contribution in [0.25, 0.3) is 0 Å². The summed E-state index contributed by atoms with van der Waals surface area (Å²) >= 11 is 0. The lowest BCUT2D eigenvalue weighted by Gasteiger charge is -2.35. The van der Waals surface area contributed by atoms with Crippen LogP contribution in [0.3, 0.4) is 0 Å². The number of aliphatic imine (C=N–C) groups is 1. The van der Waals surface area contributed by atoms with Gasteiger partial charge in [0.2, 0.25) is 0 Å². The second kappa shape index (κ2) is 6.76. The smallest absolute Gasteiger partial charge is 0.410 e. The maximum Gasteiger partial charge on any atom is 0.410 e. The third-order valence-electron chi connectivity index (χ3n) is 4.03. The van der Waals surface area contributed by atoms with Gasteiger partial charge in [0.05, 0.1) is 0 Å². The van der Waals surface area contributed by atoms with Crippen LogP contribution in [-0.4, -0.2) is 47.5 Å². The number of carbonyl (C=O) groups excluding carboxylic acids is 2. The number of hydrogen-bond acceptors (Lipinski definition) is 5.